The van der Waals surface area contributed by atoms with Crippen molar-refractivity contribution in [2.45, 2.75) is 38.7 Å². The van der Waals surface area contributed by atoms with Gasteiger partial charge in [-0.3, -0.25) is 0 Å². The number of aryl methyl sites for hydroxylation is 2. The van der Waals surface area contributed by atoms with Crippen LogP contribution in [0, 0.1) is 0 Å². The monoisotopic (exact) mass is 308 g/mol. The lowest BCUT2D eigenvalue weighted by Gasteiger charge is -2.22. The first-order valence-electron chi connectivity index (χ1n) is 7.53. The van der Waals surface area contributed by atoms with E-state index >= 15 is 0 Å². The second-order valence-corrected chi connectivity index (χ2v) is 6.64. The van der Waals surface area contributed by atoms with Gasteiger partial charge in [0.2, 0.25) is 0 Å². The van der Waals surface area contributed by atoms with Gasteiger partial charge in [-0.1, -0.05) is 26.0 Å². The van der Waals surface area contributed by atoms with E-state index in [2.05, 4.69) is 36.6 Å². The molecule has 2 rings (SSSR count). The number of rotatable bonds is 5. The summed E-state index contributed by atoms with van der Waals surface area (Å²) in [5.74, 6) is 1.65. The topological polar surface area (TPSA) is 61.4 Å². The minimum atomic E-state index is -0.749. The van der Waals surface area contributed by atoms with Gasteiger partial charge in [0.05, 0.1) is 5.60 Å². The summed E-state index contributed by atoms with van der Waals surface area (Å²) >= 11 is 1.73. The number of urea groups is 1. The van der Waals surface area contributed by atoms with E-state index in [1.165, 1.54) is 5.56 Å². The molecule has 1 aliphatic rings. The van der Waals surface area contributed by atoms with Crippen molar-refractivity contribution < 1.29 is 9.90 Å². The quantitative estimate of drug-likeness (QED) is 0.784. The fourth-order valence-corrected chi connectivity index (χ4v) is 3.71. The number of hydrogen-bond donors (Lipinski definition) is 3. The van der Waals surface area contributed by atoms with Gasteiger partial charge >= 0.3 is 6.03 Å². The second kappa shape index (κ2) is 7.18. The average molecular weight is 308 g/mol. The second-order valence-electron chi connectivity index (χ2n) is 5.53. The zero-order chi connectivity index (χ0) is 15.3. The number of nitrogens with one attached hydrogen (secondary N) is 2. The number of hydrogen-bond acceptors (Lipinski definition) is 3. The molecule has 1 aromatic carbocycles. The van der Waals surface area contributed by atoms with E-state index in [0.717, 1.165) is 36.3 Å². The predicted molar refractivity (Wildman–Crippen MR) is 89.1 cm³/mol. The number of amides is 2. The van der Waals surface area contributed by atoms with Gasteiger partial charge in [-0.15, -0.1) is 0 Å². The predicted octanol–water partition coefficient (Wildman–Crippen LogP) is 2.80. The molecule has 1 unspecified atom stereocenters. The fourth-order valence-electron chi connectivity index (χ4n) is 2.42. The first kappa shape index (κ1) is 16.2. The van der Waals surface area contributed by atoms with Gasteiger partial charge in [0.15, 0.2) is 0 Å². The Labute approximate surface area is 130 Å². The average Bonchev–Trinajstić information content (AvgIpc) is 2.92. The molecule has 2 amide bonds. The number of aliphatic hydroxyl groups is 1. The maximum absolute atomic E-state index is 12.0. The van der Waals surface area contributed by atoms with Crippen LogP contribution >= 0.6 is 11.8 Å². The maximum Gasteiger partial charge on any atom is 0.319 e. The number of benzene rings is 1. The van der Waals surface area contributed by atoms with Gasteiger partial charge in [0.25, 0.3) is 0 Å². The van der Waals surface area contributed by atoms with Crippen LogP contribution in [0.25, 0.3) is 0 Å². The lowest BCUT2D eigenvalue weighted by Crippen LogP contribution is -2.44. The molecule has 21 heavy (non-hydrogen) atoms. The van der Waals surface area contributed by atoms with Crippen molar-refractivity contribution in [1.29, 1.82) is 0 Å². The molecule has 5 heteroatoms. The summed E-state index contributed by atoms with van der Waals surface area (Å²) in [6.07, 6.45) is 2.56. The van der Waals surface area contributed by atoms with Gasteiger partial charge in [-0.25, -0.2) is 4.79 Å². The Hall–Kier alpha value is -1.20. The summed E-state index contributed by atoms with van der Waals surface area (Å²) in [6.45, 7) is 4.47. The van der Waals surface area contributed by atoms with Crippen molar-refractivity contribution in [1.82, 2.24) is 5.32 Å². The highest BCUT2D eigenvalue weighted by atomic mass is 32.2. The first-order valence-corrected chi connectivity index (χ1v) is 8.68. The summed E-state index contributed by atoms with van der Waals surface area (Å²) in [6, 6.07) is 5.94. The fraction of sp³-hybridized carbons (Fsp3) is 0.562. The molecular weight excluding hydrogens is 284 g/mol. The normalized spacial score (nSPS) is 21.3. The Bertz CT molecular complexity index is 499. The van der Waals surface area contributed by atoms with Gasteiger partial charge < -0.3 is 15.7 Å². The highest BCUT2D eigenvalue weighted by Crippen LogP contribution is 2.27. The summed E-state index contributed by atoms with van der Waals surface area (Å²) in [4.78, 5) is 12.0. The maximum atomic E-state index is 12.0. The highest BCUT2D eigenvalue weighted by Gasteiger charge is 2.31. The molecule has 4 nitrogen and oxygen atoms in total. The number of anilines is 1. The number of thioether (sulfide) groups is 1. The van der Waals surface area contributed by atoms with Crippen LogP contribution < -0.4 is 10.6 Å². The van der Waals surface area contributed by atoms with Crippen LogP contribution in [-0.2, 0) is 12.8 Å². The molecule has 0 spiro atoms. The third-order valence-electron chi connectivity index (χ3n) is 3.87. The van der Waals surface area contributed by atoms with Crippen LogP contribution in [0.15, 0.2) is 18.2 Å². The van der Waals surface area contributed by atoms with Crippen molar-refractivity contribution >= 4 is 23.5 Å². The Kier molecular flexibility index (Phi) is 5.53. The zero-order valence-corrected chi connectivity index (χ0v) is 13.6. The molecule has 1 heterocycles. The van der Waals surface area contributed by atoms with E-state index in [0.29, 0.717) is 12.3 Å². The summed E-state index contributed by atoms with van der Waals surface area (Å²) in [5, 5.41) is 15.9. The van der Waals surface area contributed by atoms with E-state index < -0.39 is 5.60 Å². The van der Waals surface area contributed by atoms with Gasteiger partial charge in [-0.2, -0.15) is 11.8 Å². The number of carbonyl (C=O) groups excluding carboxylic acids is 1. The molecule has 1 aliphatic heterocycles. The third kappa shape index (κ3) is 4.38. The van der Waals surface area contributed by atoms with Gasteiger partial charge in [0.1, 0.15) is 0 Å². The zero-order valence-electron chi connectivity index (χ0n) is 12.7. The molecule has 0 radical (unpaired) electrons. The van der Waals surface area contributed by atoms with Crippen molar-refractivity contribution in [3.05, 3.63) is 29.3 Å². The lowest BCUT2D eigenvalue weighted by molar-refractivity contribution is 0.0706. The summed E-state index contributed by atoms with van der Waals surface area (Å²) in [5.41, 5.74) is 2.44. The minimum Gasteiger partial charge on any atom is -0.387 e. The van der Waals surface area contributed by atoms with Crippen LogP contribution in [0.3, 0.4) is 0 Å². The Morgan fingerprint density at radius 1 is 1.38 bits per heavy atom. The molecule has 1 fully saturated rings. The van der Waals surface area contributed by atoms with E-state index in [4.69, 9.17) is 0 Å². The van der Waals surface area contributed by atoms with Crippen molar-refractivity contribution in [2.75, 3.05) is 23.4 Å². The molecule has 1 atom stereocenters. The van der Waals surface area contributed by atoms with Crippen LogP contribution in [0.4, 0.5) is 10.5 Å². The molecule has 3 N–H and O–H groups in total. The van der Waals surface area contributed by atoms with Gasteiger partial charge in [-0.05, 0) is 42.2 Å². The molecule has 0 bridgehead atoms. The van der Waals surface area contributed by atoms with E-state index in [9.17, 15) is 9.90 Å². The smallest absolute Gasteiger partial charge is 0.319 e. The molecule has 116 valence electrons. The van der Waals surface area contributed by atoms with Crippen LogP contribution in [-0.4, -0.2) is 34.8 Å². The van der Waals surface area contributed by atoms with E-state index in [1.807, 2.05) is 6.07 Å². The van der Waals surface area contributed by atoms with E-state index in [1.54, 1.807) is 11.8 Å². The van der Waals surface area contributed by atoms with Gasteiger partial charge in [0, 0.05) is 18.0 Å². The largest absolute Gasteiger partial charge is 0.387 e. The highest BCUT2D eigenvalue weighted by molar-refractivity contribution is 7.99. The van der Waals surface area contributed by atoms with Crippen molar-refractivity contribution in [2.24, 2.45) is 0 Å². The van der Waals surface area contributed by atoms with Crippen LogP contribution in [0.5, 0.6) is 0 Å². The Balaban J connectivity index is 1.95. The van der Waals surface area contributed by atoms with Crippen molar-refractivity contribution in [3.8, 4) is 0 Å². The van der Waals surface area contributed by atoms with Crippen molar-refractivity contribution in [3.63, 3.8) is 0 Å². The minimum absolute atomic E-state index is 0.247. The first-order chi connectivity index (χ1) is 10.1. The van der Waals surface area contributed by atoms with Crippen LogP contribution in [0.1, 0.15) is 31.4 Å². The third-order valence-corrected chi connectivity index (χ3v) is 5.11. The number of carbonyl (C=O) groups is 1. The summed E-state index contributed by atoms with van der Waals surface area (Å²) in [7, 11) is 0. The Morgan fingerprint density at radius 3 is 2.81 bits per heavy atom. The molecule has 0 saturated carbocycles. The lowest BCUT2D eigenvalue weighted by atomic mass is 10.0. The molecule has 0 aromatic heterocycles. The molecule has 1 aromatic rings. The SMILES string of the molecule is CCc1ccc(CC)c(NC(=O)NCC2(O)CCSC2)c1. The standard InChI is InChI=1S/C16H24N2O2S/c1-3-12-5-6-13(4-2)14(9-12)18-15(19)17-10-16(20)7-8-21-11-16/h5-6,9,20H,3-4,7-8,10-11H2,1-2H3,(H2,17,18,19). The summed E-state index contributed by atoms with van der Waals surface area (Å²) < 4.78 is 0. The molecule has 0 aliphatic carbocycles. The molecule has 1 saturated heterocycles. The molecular formula is C16H24N2O2S. The Morgan fingerprint density at radius 2 is 2.19 bits per heavy atom. The van der Waals surface area contributed by atoms with E-state index in [-0.39, 0.29) is 6.03 Å². The van der Waals surface area contributed by atoms with Crippen LogP contribution in [0.2, 0.25) is 0 Å².